The van der Waals surface area contributed by atoms with Gasteiger partial charge in [-0.2, -0.15) is 0 Å². The van der Waals surface area contributed by atoms with Gasteiger partial charge in [0, 0.05) is 11.8 Å². The van der Waals surface area contributed by atoms with Crippen molar-refractivity contribution in [3.8, 4) is 0 Å². The summed E-state index contributed by atoms with van der Waals surface area (Å²) in [5.74, 6) is 4.33. The normalized spacial score (nSPS) is 55.6. The van der Waals surface area contributed by atoms with Crippen molar-refractivity contribution in [1.82, 2.24) is 0 Å². The molecule has 5 saturated carbocycles. The van der Waals surface area contributed by atoms with Crippen LogP contribution in [0.25, 0.3) is 0 Å². The van der Waals surface area contributed by atoms with Crippen LogP contribution in [0, 0.1) is 56.7 Å². The van der Waals surface area contributed by atoms with Crippen molar-refractivity contribution in [1.29, 1.82) is 0 Å². The van der Waals surface area contributed by atoms with Gasteiger partial charge in [-0.3, -0.25) is 4.79 Å². The standard InChI is InChI=1S/C30H48O/c1-19(2)20-11-14-27(5)17-18-29(7)21(25(20)27)9-10-23-28(6)15-13-24(31)26(3,4)22(28)12-16-30(23,29)8/h20-23,25H,1,9-18H2,2-8H3/t20-,21?,22+,23?,25-,27-,28+,29-,30-/m1/s1. The molecular formula is C30H48O. The van der Waals surface area contributed by atoms with Crippen LogP contribution in [0.1, 0.15) is 113 Å². The van der Waals surface area contributed by atoms with E-state index in [4.69, 9.17) is 0 Å². The van der Waals surface area contributed by atoms with Crippen molar-refractivity contribution >= 4 is 5.78 Å². The van der Waals surface area contributed by atoms with Gasteiger partial charge in [0.05, 0.1) is 0 Å². The van der Waals surface area contributed by atoms with Gasteiger partial charge in [0.25, 0.3) is 0 Å². The van der Waals surface area contributed by atoms with Gasteiger partial charge in [-0.15, -0.1) is 0 Å². The lowest BCUT2D eigenvalue weighted by atomic mass is 9.32. The van der Waals surface area contributed by atoms with E-state index in [0.717, 1.165) is 36.5 Å². The molecule has 5 aliphatic rings. The fraction of sp³-hybridized carbons (Fsp3) is 0.900. The fourth-order valence-electron chi connectivity index (χ4n) is 11.3. The van der Waals surface area contributed by atoms with Crippen molar-refractivity contribution in [3.63, 3.8) is 0 Å². The fourth-order valence-corrected chi connectivity index (χ4v) is 11.3. The topological polar surface area (TPSA) is 17.1 Å². The molecule has 0 saturated heterocycles. The summed E-state index contributed by atoms with van der Waals surface area (Å²) in [4.78, 5) is 12.9. The lowest BCUT2D eigenvalue weighted by Gasteiger charge is -2.72. The van der Waals surface area contributed by atoms with Crippen molar-refractivity contribution in [2.45, 2.75) is 113 Å². The number of hydrogen-bond donors (Lipinski definition) is 0. The molecule has 9 atom stereocenters. The Morgan fingerprint density at radius 3 is 2.19 bits per heavy atom. The number of Topliss-reactive ketones (excluding diaryl/α,β-unsaturated/α-hetero) is 1. The Balaban J connectivity index is 1.55. The van der Waals surface area contributed by atoms with E-state index in [9.17, 15) is 4.79 Å². The monoisotopic (exact) mass is 424 g/mol. The van der Waals surface area contributed by atoms with E-state index in [0.29, 0.717) is 33.4 Å². The third-order valence-electron chi connectivity index (χ3n) is 13.2. The van der Waals surface area contributed by atoms with Crippen LogP contribution in [-0.2, 0) is 4.79 Å². The highest BCUT2D eigenvalue weighted by molar-refractivity contribution is 5.85. The number of carbonyl (C=O) groups excluding carboxylic acids is 1. The molecule has 1 heteroatoms. The van der Waals surface area contributed by atoms with Crippen molar-refractivity contribution in [3.05, 3.63) is 12.2 Å². The second kappa shape index (κ2) is 6.50. The number of carbonyl (C=O) groups is 1. The van der Waals surface area contributed by atoms with E-state index in [2.05, 4.69) is 55.0 Å². The highest BCUT2D eigenvalue weighted by Gasteiger charge is 2.70. The van der Waals surface area contributed by atoms with Crippen LogP contribution in [0.5, 0.6) is 0 Å². The summed E-state index contributed by atoms with van der Waals surface area (Å²) in [7, 11) is 0. The first kappa shape index (κ1) is 22.2. The largest absolute Gasteiger partial charge is 0.299 e. The van der Waals surface area contributed by atoms with Crippen molar-refractivity contribution in [2.75, 3.05) is 0 Å². The summed E-state index contributed by atoms with van der Waals surface area (Å²) >= 11 is 0. The highest BCUT2D eigenvalue weighted by atomic mass is 16.1. The summed E-state index contributed by atoms with van der Waals surface area (Å²) in [6.45, 7) is 22.0. The van der Waals surface area contributed by atoms with E-state index in [1.54, 1.807) is 0 Å². The zero-order chi connectivity index (χ0) is 22.6. The van der Waals surface area contributed by atoms with Gasteiger partial charge >= 0.3 is 0 Å². The average Bonchev–Trinajstić information content (AvgIpc) is 3.04. The lowest BCUT2D eigenvalue weighted by Crippen LogP contribution is -2.66. The smallest absolute Gasteiger partial charge is 0.138 e. The molecule has 5 aliphatic carbocycles. The summed E-state index contributed by atoms with van der Waals surface area (Å²) in [5, 5.41) is 0. The van der Waals surface area contributed by atoms with Crippen LogP contribution in [0.2, 0.25) is 0 Å². The third kappa shape index (κ3) is 2.59. The van der Waals surface area contributed by atoms with Crippen molar-refractivity contribution < 1.29 is 4.79 Å². The third-order valence-corrected chi connectivity index (χ3v) is 13.2. The highest BCUT2D eigenvalue weighted by Crippen LogP contribution is 2.77. The summed E-state index contributed by atoms with van der Waals surface area (Å²) in [6, 6.07) is 0. The minimum Gasteiger partial charge on any atom is -0.299 e. The summed E-state index contributed by atoms with van der Waals surface area (Å²) in [5.41, 5.74) is 3.06. The Labute approximate surface area is 192 Å². The average molecular weight is 425 g/mol. The minimum atomic E-state index is -0.131. The van der Waals surface area contributed by atoms with Crippen LogP contribution in [0.4, 0.5) is 0 Å². The molecule has 2 unspecified atom stereocenters. The van der Waals surface area contributed by atoms with Gasteiger partial charge in [0.2, 0.25) is 0 Å². The van der Waals surface area contributed by atoms with E-state index in [-0.39, 0.29) is 5.41 Å². The molecule has 0 aromatic heterocycles. The van der Waals surface area contributed by atoms with Gasteiger partial charge in [-0.1, -0.05) is 53.7 Å². The molecule has 0 radical (unpaired) electrons. The van der Waals surface area contributed by atoms with Gasteiger partial charge in [-0.25, -0.2) is 0 Å². The van der Waals surface area contributed by atoms with Crippen molar-refractivity contribution in [2.24, 2.45) is 56.7 Å². The quantitative estimate of drug-likeness (QED) is 0.387. The van der Waals surface area contributed by atoms with Crippen LogP contribution >= 0.6 is 0 Å². The van der Waals surface area contributed by atoms with E-state index in [1.165, 1.54) is 56.9 Å². The van der Waals surface area contributed by atoms with Crippen LogP contribution in [0.3, 0.4) is 0 Å². The molecule has 31 heavy (non-hydrogen) atoms. The Hall–Kier alpha value is -0.590. The maximum absolute atomic E-state index is 12.9. The van der Waals surface area contributed by atoms with Gasteiger partial charge in [0.15, 0.2) is 0 Å². The molecule has 1 nitrogen and oxygen atoms in total. The lowest BCUT2D eigenvalue weighted by molar-refractivity contribution is -0.232. The molecule has 0 aromatic carbocycles. The molecule has 0 heterocycles. The first-order valence-corrected chi connectivity index (χ1v) is 13.5. The molecule has 0 aromatic rings. The van der Waals surface area contributed by atoms with E-state index >= 15 is 0 Å². The first-order chi connectivity index (χ1) is 14.3. The van der Waals surface area contributed by atoms with E-state index < -0.39 is 0 Å². The Kier molecular flexibility index (Phi) is 4.66. The minimum absolute atomic E-state index is 0.131. The molecule has 0 aliphatic heterocycles. The van der Waals surface area contributed by atoms with Crippen LogP contribution < -0.4 is 0 Å². The maximum Gasteiger partial charge on any atom is 0.138 e. The predicted octanol–water partition coefficient (Wildman–Crippen LogP) is 8.23. The number of ketones is 1. The SMILES string of the molecule is C=C(C)[C@H]1CC[C@]2(C)CC[C@]3(C)C(CCC4[C@@]5(C)CCC(=O)C(C)(C)[C@@H]5CC[C@]43C)[C@@H]12. The molecule has 0 amide bonds. The van der Waals surface area contributed by atoms with E-state index in [1.807, 2.05) is 0 Å². The maximum atomic E-state index is 12.9. The Morgan fingerprint density at radius 2 is 1.52 bits per heavy atom. The number of fused-ring (bicyclic) bond motifs is 7. The Bertz CT molecular complexity index is 807. The van der Waals surface area contributed by atoms with Gasteiger partial charge < -0.3 is 0 Å². The second-order valence-electron chi connectivity index (χ2n) is 14.5. The molecule has 5 rings (SSSR count). The number of rotatable bonds is 1. The number of allylic oxidation sites excluding steroid dienone is 1. The predicted molar refractivity (Wildman–Crippen MR) is 130 cm³/mol. The zero-order valence-corrected chi connectivity index (χ0v) is 21.6. The van der Waals surface area contributed by atoms with Gasteiger partial charge in [0.1, 0.15) is 5.78 Å². The molecule has 0 spiro atoms. The Morgan fingerprint density at radius 1 is 0.806 bits per heavy atom. The second-order valence-corrected chi connectivity index (χ2v) is 14.5. The first-order valence-electron chi connectivity index (χ1n) is 13.5. The van der Waals surface area contributed by atoms with Crippen LogP contribution in [-0.4, -0.2) is 5.78 Å². The zero-order valence-electron chi connectivity index (χ0n) is 21.6. The summed E-state index contributed by atoms with van der Waals surface area (Å²) < 4.78 is 0. The summed E-state index contributed by atoms with van der Waals surface area (Å²) in [6.07, 6.45) is 13.0. The molecule has 0 bridgehead atoms. The molecular weight excluding hydrogens is 376 g/mol. The van der Waals surface area contributed by atoms with Gasteiger partial charge in [-0.05, 0) is 116 Å². The molecule has 174 valence electrons. The number of hydrogen-bond acceptors (Lipinski definition) is 1. The van der Waals surface area contributed by atoms with Crippen LogP contribution in [0.15, 0.2) is 12.2 Å². The molecule has 5 fully saturated rings. The molecule has 0 N–H and O–H groups in total.